The van der Waals surface area contributed by atoms with Gasteiger partial charge in [-0.15, -0.1) is 11.1 Å². The molecule has 0 radical (unpaired) electrons. The molecule has 0 saturated heterocycles. The SMILES string of the molecule is [Br-].[Br-].[Ti+4].[c-]1cccc2c1Cc1ccccc1-2.[c-]1cccc2c1Cc1ccccc1-2. The molecule has 2 aliphatic rings. The summed E-state index contributed by atoms with van der Waals surface area (Å²) in [6.45, 7) is 0. The molecule has 4 aromatic rings. The Hall–Kier alpha value is -1.45. The van der Waals surface area contributed by atoms with Crippen molar-refractivity contribution in [1.82, 2.24) is 0 Å². The van der Waals surface area contributed by atoms with Gasteiger partial charge in [0.15, 0.2) is 0 Å². The maximum atomic E-state index is 3.30. The molecule has 3 heteroatoms. The van der Waals surface area contributed by atoms with E-state index in [0.29, 0.717) is 0 Å². The Morgan fingerprint density at radius 1 is 0.483 bits per heavy atom. The molecule has 0 amide bonds. The molecule has 0 spiro atoms. The molecular formula is C26H18Br2Ti. The summed E-state index contributed by atoms with van der Waals surface area (Å²) in [6.07, 6.45) is 2.10. The van der Waals surface area contributed by atoms with Gasteiger partial charge in [0.25, 0.3) is 0 Å². The average Bonchev–Trinajstić information content (AvgIpc) is 3.27. The minimum Gasteiger partial charge on any atom is -1.00 e. The Bertz CT molecular complexity index is 929. The first-order chi connectivity index (χ1) is 12.9. The molecule has 29 heavy (non-hydrogen) atoms. The summed E-state index contributed by atoms with van der Waals surface area (Å²) >= 11 is 0. The molecule has 0 N–H and O–H groups in total. The molecule has 0 saturated carbocycles. The molecule has 0 atom stereocenters. The van der Waals surface area contributed by atoms with E-state index >= 15 is 0 Å². The van der Waals surface area contributed by atoms with E-state index in [1.165, 1.54) is 44.5 Å². The van der Waals surface area contributed by atoms with E-state index in [9.17, 15) is 0 Å². The summed E-state index contributed by atoms with van der Waals surface area (Å²) in [5, 5.41) is 0. The van der Waals surface area contributed by atoms with Gasteiger partial charge in [0.05, 0.1) is 0 Å². The van der Waals surface area contributed by atoms with Crippen LogP contribution in [0.15, 0.2) is 84.9 Å². The Morgan fingerprint density at radius 2 is 0.862 bits per heavy atom. The van der Waals surface area contributed by atoms with Crippen molar-refractivity contribution >= 4 is 0 Å². The standard InChI is InChI=1S/2C13H9.2BrH.Ti/c2*1-3-7-12-10(5-1)9-11-6-2-4-8-13(11)12;;;/h2*1-5,7-8H,9H2;2*1H;/q2*-1;;;+4/p-2. The van der Waals surface area contributed by atoms with Crippen molar-refractivity contribution in [2.45, 2.75) is 12.8 Å². The number of hydrogen-bond acceptors (Lipinski definition) is 0. The third-order valence-electron chi connectivity index (χ3n) is 5.23. The van der Waals surface area contributed by atoms with E-state index in [1.807, 2.05) is 12.1 Å². The van der Waals surface area contributed by atoms with E-state index in [0.717, 1.165) is 12.8 Å². The molecule has 0 aliphatic heterocycles. The van der Waals surface area contributed by atoms with Crippen molar-refractivity contribution in [3.63, 3.8) is 0 Å². The topological polar surface area (TPSA) is 0 Å². The maximum absolute atomic E-state index is 3.30. The molecule has 2 aliphatic carbocycles. The number of halogens is 2. The molecule has 0 unspecified atom stereocenters. The minimum absolute atomic E-state index is 0. The fourth-order valence-electron chi connectivity index (χ4n) is 4.00. The van der Waals surface area contributed by atoms with Gasteiger partial charge in [0, 0.05) is 0 Å². The van der Waals surface area contributed by atoms with Gasteiger partial charge in [0.2, 0.25) is 0 Å². The van der Waals surface area contributed by atoms with Crippen LogP contribution in [-0.4, -0.2) is 0 Å². The quantitative estimate of drug-likeness (QED) is 0.191. The molecule has 0 heterocycles. The monoisotopic (exact) mass is 536 g/mol. The summed E-state index contributed by atoms with van der Waals surface area (Å²) in [5.74, 6) is 0. The van der Waals surface area contributed by atoms with E-state index in [2.05, 4.69) is 84.9 Å². The second-order valence-corrected chi connectivity index (χ2v) is 6.79. The molecule has 4 aromatic carbocycles. The number of benzene rings is 4. The molecule has 6 rings (SSSR count). The van der Waals surface area contributed by atoms with Crippen molar-refractivity contribution in [2.75, 3.05) is 0 Å². The Labute approximate surface area is 208 Å². The third-order valence-corrected chi connectivity index (χ3v) is 5.23. The zero-order valence-electron chi connectivity index (χ0n) is 15.8. The van der Waals surface area contributed by atoms with Gasteiger partial charge in [-0.05, 0) is 12.8 Å². The van der Waals surface area contributed by atoms with Crippen LogP contribution in [0, 0.1) is 12.1 Å². The summed E-state index contributed by atoms with van der Waals surface area (Å²) < 4.78 is 0. The van der Waals surface area contributed by atoms with Gasteiger partial charge in [-0.2, -0.15) is 59.7 Å². The predicted molar refractivity (Wildman–Crippen MR) is 107 cm³/mol. The van der Waals surface area contributed by atoms with Crippen LogP contribution in [0.3, 0.4) is 0 Å². The van der Waals surface area contributed by atoms with Crippen molar-refractivity contribution < 1.29 is 55.7 Å². The van der Waals surface area contributed by atoms with E-state index in [1.54, 1.807) is 0 Å². The van der Waals surface area contributed by atoms with E-state index in [4.69, 9.17) is 0 Å². The summed E-state index contributed by atoms with van der Waals surface area (Å²) in [4.78, 5) is 0. The normalized spacial score (nSPS) is 11.0. The second kappa shape index (κ2) is 10.5. The van der Waals surface area contributed by atoms with Crippen molar-refractivity contribution in [3.8, 4) is 22.3 Å². The predicted octanol–water partition coefficient (Wildman–Crippen LogP) is 0.121. The van der Waals surface area contributed by atoms with Crippen molar-refractivity contribution in [3.05, 3.63) is 119 Å². The molecule has 0 fully saturated rings. The van der Waals surface area contributed by atoms with Gasteiger partial charge in [-0.1, -0.05) is 70.8 Å². The summed E-state index contributed by atoms with van der Waals surface area (Å²) in [6, 6.07) is 36.2. The van der Waals surface area contributed by atoms with Crippen LogP contribution < -0.4 is 34.0 Å². The molecule has 0 bridgehead atoms. The third kappa shape index (κ3) is 4.67. The van der Waals surface area contributed by atoms with Crippen LogP contribution in [-0.2, 0) is 34.6 Å². The van der Waals surface area contributed by atoms with Crippen LogP contribution in [0.1, 0.15) is 22.3 Å². The number of rotatable bonds is 0. The first kappa shape index (κ1) is 23.8. The number of fused-ring (bicyclic) bond motifs is 6. The van der Waals surface area contributed by atoms with Crippen LogP contribution in [0.5, 0.6) is 0 Å². The van der Waals surface area contributed by atoms with Crippen molar-refractivity contribution in [2.24, 2.45) is 0 Å². The van der Waals surface area contributed by atoms with Crippen LogP contribution in [0.2, 0.25) is 0 Å². The molecule has 140 valence electrons. The molecular weight excluding hydrogens is 520 g/mol. The smallest absolute Gasteiger partial charge is 1.00 e. The first-order valence-electron chi connectivity index (χ1n) is 9.06. The zero-order valence-corrected chi connectivity index (χ0v) is 20.5. The minimum atomic E-state index is 0. The fraction of sp³-hybridized carbons (Fsp3) is 0.0769. The van der Waals surface area contributed by atoms with Gasteiger partial charge >= 0.3 is 21.7 Å². The second-order valence-electron chi connectivity index (χ2n) is 6.79. The van der Waals surface area contributed by atoms with Gasteiger partial charge in [0.1, 0.15) is 0 Å². The van der Waals surface area contributed by atoms with E-state index in [-0.39, 0.29) is 55.7 Å². The number of hydrogen-bond donors (Lipinski definition) is 0. The Kier molecular flexibility index (Phi) is 8.66. The van der Waals surface area contributed by atoms with Crippen molar-refractivity contribution in [1.29, 1.82) is 0 Å². The van der Waals surface area contributed by atoms with Gasteiger partial charge < -0.3 is 34.0 Å². The Balaban J connectivity index is 0.000000187. The molecule has 0 nitrogen and oxygen atoms in total. The summed E-state index contributed by atoms with van der Waals surface area (Å²) in [7, 11) is 0. The zero-order chi connectivity index (χ0) is 17.3. The van der Waals surface area contributed by atoms with Crippen LogP contribution >= 0.6 is 0 Å². The summed E-state index contributed by atoms with van der Waals surface area (Å²) in [5.41, 5.74) is 11.0. The largest absolute Gasteiger partial charge is 4.00 e. The maximum Gasteiger partial charge on any atom is 4.00 e. The van der Waals surface area contributed by atoms with E-state index < -0.39 is 0 Å². The van der Waals surface area contributed by atoms with Gasteiger partial charge in [-0.25, -0.2) is 0 Å². The fourth-order valence-corrected chi connectivity index (χ4v) is 4.00. The van der Waals surface area contributed by atoms with Gasteiger partial charge in [-0.3, -0.25) is 0 Å². The molecule has 0 aromatic heterocycles. The Morgan fingerprint density at radius 3 is 1.31 bits per heavy atom. The van der Waals surface area contributed by atoms with Crippen LogP contribution in [0.25, 0.3) is 22.3 Å². The first-order valence-corrected chi connectivity index (χ1v) is 9.06. The van der Waals surface area contributed by atoms with Crippen LogP contribution in [0.4, 0.5) is 0 Å². The average molecular weight is 538 g/mol.